The van der Waals surface area contributed by atoms with Gasteiger partial charge in [0.15, 0.2) is 5.16 Å². The third-order valence-corrected chi connectivity index (χ3v) is 6.70. The Kier molecular flexibility index (Phi) is 6.30. The van der Waals surface area contributed by atoms with Crippen LogP contribution < -0.4 is 10.9 Å². The topological polar surface area (TPSA) is 51.9 Å². The molecule has 0 aliphatic heterocycles. The number of rotatable bonds is 8. The molecule has 0 radical (unpaired) electrons. The molecule has 0 fully saturated rings. The summed E-state index contributed by atoms with van der Waals surface area (Å²) >= 11 is 1.56. The Morgan fingerprint density at radius 2 is 1.87 bits per heavy atom. The smallest absolute Gasteiger partial charge is 0.283 e. The molecule has 0 spiro atoms. The lowest BCUT2D eigenvalue weighted by atomic mass is 10.2. The van der Waals surface area contributed by atoms with Gasteiger partial charge in [-0.2, -0.15) is 0 Å². The number of nitrogens with zero attached hydrogens (tertiary/aromatic N) is 3. The lowest BCUT2D eigenvalue weighted by Crippen LogP contribution is -2.27. The van der Waals surface area contributed by atoms with E-state index in [4.69, 9.17) is 4.98 Å². The lowest BCUT2D eigenvalue weighted by molar-refractivity contribution is 0.560. The summed E-state index contributed by atoms with van der Waals surface area (Å²) in [6, 6.07) is 18.2. The number of fused-ring (bicyclic) bond motifs is 3. The first-order valence-corrected chi connectivity index (χ1v) is 11.6. The molecule has 0 saturated heterocycles. The molecule has 6 heteroatoms. The Morgan fingerprint density at radius 1 is 1.16 bits per heavy atom. The second kappa shape index (κ2) is 9.12. The quantitative estimate of drug-likeness (QED) is 0.244. The third-order valence-electron chi connectivity index (χ3n) is 5.62. The van der Waals surface area contributed by atoms with E-state index in [1.54, 1.807) is 16.3 Å². The summed E-state index contributed by atoms with van der Waals surface area (Å²) in [5.74, 6) is 0.693. The van der Waals surface area contributed by atoms with Gasteiger partial charge >= 0.3 is 0 Å². The summed E-state index contributed by atoms with van der Waals surface area (Å²) < 4.78 is 3.67. The van der Waals surface area contributed by atoms with Gasteiger partial charge in [-0.25, -0.2) is 4.98 Å². The molecule has 0 saturated carbocycles. The highest BCUT2D eigenvalue weighted by Gasteiger charge is 2.19. The van der Waals surface area contributed by atoms with Crippen molar-refractivity contribution in [2.75, 3.05) is 12.3 Å². The van der Waals surface area contributed by atoms with Crippen molar-refractivity contribution in [2.24, 2.45) is 7.05 Å². The predicted molar refractivity (Wildman–Crippen MR) is 131 cm³/mol. The van der Waals surface area contributed by atoms with Crippen molar-refractivity contribution in [1.29, 1.82) is 0 Å². The molecular formula is C25H28N4OS. The summed E-state index contributed by atoms with van der Waals surface area (Å²) in [6.45, 7) is 9.31. The molecule has 4 aromatic rings. The van der Waals surface area contributed by atoms with Crippen molar-refractivity contribution in [1.82, 2.24) is 19.4 Å². The van der Waals surface area contributed by atoms with Crippen LogP contribution in [0.1, 0.15) is 20.3 Å². The SMILES string of the molecule is C=C(CNC(C)CC)CSc1nc2c3ccccc3n(C)c2c(=O)n1-c1ccccc1. The molecule has 2 heterocycles. The van der Waals surface area contributed by atoms with Crippen LogP contribution in [0.15, 0.2) is 76.7 Å². The first kappa shape index (κ1) is 21.4. The summed E-state index contributed by atoms with van der Waals surface area (Å²) in [5.41, 5.74) is 4.22. The summed E-state index contributed by atoms with van der Waals surface area (Å²) in [4.78, 5) is 18.7. The highest BCUT2D eigenvalue weighted by atomic mass is 32.2. The largest absolute Gasteiger partial charge is 0.338 e. The third kappa shape index (κ3) is 4.18. The number of para-hydroxylation sites is 2. The summed E-state index contributed by atoms with van der Waals surface area (Å²) in [7, 11) is 1.93. The standard InChI is InChI=1S/C25H28N4OS/c1-5-18(3)26-15-17(2)16-31-25-27-22-20-13-9-10-14-21(20)28(4)23(22)24(30)29(25)19-11-7-6-8-12-19/h6-14,18,26H,2,5,15-16H2,1,3-4H3. The number of benzene rings is 2. The Balaban J connectivity index is 1.80. The average molecular weight is 433 g/mol. The van der Waals surface area contributed by atoms with Gasteiger partial charge in [-0.15, -0.1) is 0 Å². The normalized spacial score (nSPS) is 12.5. The fourth-order valence-corrected chi connectivity index (χ4v) is 4.56. The second-order valence-corrected chi connectivity index (χ2v) is 8.82. The van der Waals surface area contributed by atoms with Crippen molar-refractivity contribution in [3.63, 3.8) is 0 Å². The van der Waals surface area contributed by atoms with Crippen LogP contribution in [0, 0.1) is 0 Å². The van der Waals surface area contributed by atoms with E-state index >= 15 is 0 Å². The number of hydrogen-bond donors (Lipinski definition) is 1. The number of thioether (sulfide) groups is 1. The van der Waals surface area contributed by atoms with Crippen molar-refractivity contribution < 1.29 is 0 Å². The maximum atomic E-state index is 13.7. The molecule has 31 heavy (non-hydrogen) atoms. The van der Waals surface area contributed by atoms with Gasteiger partial charge in [-0.05, 0) is 31.5 Å². The van der Waals surface area contributed by atoms with Gasteiger partial charge in [0.2, 0.25) is 0 Å². The van der Waals surface area contributed by atoms with E-state index in [1.807, 2.05) is 66.2 Å². The van der Waals surface area contributed by atoms with Gasteiger partial charge in [-0.1, -0.05) is 67.2 Å². The Hall–Kier alpha value is -2.83. The molecule has 0 aliphatic rings. The lowest BCUT2D eigenvalue weighted by Gasteiger charge is -2.15. The molecule has 4 rings (SSSR count). The van der Waals surface area contributed by atoms with Crippen molar-refractivity contribution in [2.45, 2.75) is 31.5 Å². The van der Waals surface area contributed by atoms with E-state index in [2.05, 4.69) is 25.7 Å². The van der Waals surface area contributed by atoms with E-state index in [0.29, 0.717) is 22.5 Å². The molecule has 1 atom stereocenters. The van der Waals surface area contributed by atoms with E-state index in [9.17, 15) is 4.79 Å². The maximum Gasteiger partial charge on any atom is 0.283 e. The molecular weight excluding hydrogens is 404 g/mol. The van der Waals surface area contributed by atoms with Crippen LogP contribution in [0.3, 0.4) is 0 Å². The van der Waals surface area contributed by atoms with E-state index in [-0.39, 0.29) is 5.56 Å². The van der Waals surface area contributed by atoms with Gasteiger partial charge in [0.1, 0.15) is 11.0 Å². The molecule has 1 unspecified atom stereocenters. The van der Waals surface area contributed by atoms with Gasteiger partial charge in [0.25, 0.3) is 5.56 Å². The van der Waals surface area contributed by atoms with Crippen molar-refractivity contribution in [3.05, 3.63) is 77.1 Å². The Labute approximate surface area is 186 Å². The molecule has 2 aromatic carbocycles. The predicted octanol–water partition coefficient (Wildman–Crippen LogP) is 4.91. The van der Waals surface area contributed by atoms with Gasteiger partial charge in [0.05, 0.1) is 11.2 Å². The highest BCUT2D eigenvalue weighted by molar-refractivity contribution is 7.99. The minimum atomic E-state index is -0.0549. The molecule has 5 nitrogen and oxygen atoms in total. The van der Waals surface area contributed by atoms with Crippen LogP contribution in [-0.4, -0.2) is 32.5 Å². The zero-order chi connectivity index (χ0) is 22.0. The van der Waals surface area contributed by atoms with Crippen LogP contribution in [0.4, 0.5) is 0 Å². The highest BCUT2D eigenvalue weighted by Crippen LogP contribution is 2.28. The van der Waals surface area contributed by atoms with Crippen LogP contribution in [0.2, 0.25) is 0 Å². The maximum absolute atomic E-state index is 13.7. The summed E-state index contributed by atoms with van der Waals surface area (Å²) in [6.07, 6.45) is 1.08. The van der Waals surface area contributed by atoms with Crippen LogP contribution in [-0.2, 0) is 7.05 Å². The number of nitrogens with one attached hydrogen (secondary N) is 1. The zero-order valence-electron chi connectivity index (χ0n) is 18.3. The number of aromatic nitrogens is 3. The van der Waals surface area contributed by atoms with Gasteiger partial charge in [-0.3, -0.25) is 9.36 Å². The van der Waals surface area contributed by atoms with Crippen LogP contribution >= 0.6 is 11.8 Å². The first-order chi connectivity index (χ1) is 15.0. The van der Waals surface area contributed by atoms with Crippen LogP contribution in [0.5, 0.6) is 0 Å². The fraction of sp³-hybridized carbons (Fsp3) is 0.280. The van der Waals surface area contributed by atoms with E-state index in [1.165, 1.54) is 0 Å². The fourth-order valence-electron chi connectivity index (χ4n) is 3.65. The monoisotopic (exact) mass is 432 g/mol. The number of hydrogen-bond acceptors (Lipinski definition) is 4. The van der Waals surface area contributed by atoms with E-state index < -0.39 is 0 Å². The zero-order valence-corrected chi connectivity index (χ0v) is 19.1. The van der Waals surface area contributed by atoms with Crippen molar-refractivity contribution >= 4 is 33.7 Å². The van der Waals surface area contributed by atoms with Gasteiger partial charge in [0, 0.05) is 30.8 Å². The van der Waals surface area contributed by atoms with Crippen LogP contribution in [0.25, 0.3) is 27.6 Å². The minimum absolute atomic E-state index is 0.0549. The molecule has 0 amide bonds. The van der Waals surface area contributed by atoms with Crippen molar-refractivity contribution in [3.8, 4) is 5.69 Å². The minimum Gasteiger partial charge on any atom is -0.338 e. The number of aryl methyl sites for hydroxylation is 1. The molecule has 0 aliphatic carbocycles. The Morgan fingerprint density at radius 3 is 2.61 bits per heavy atom. The first-order valence-electron chi connectivity index (χ1n) is 10.6. The van der Waals surface area contributed by atoms with Gasteiger partial charge < -0.3 is 9.88 Å². The van der Waals surface area contributed by atoms with E-state index in [0.717, 1.165) is 40.6 Å². The molecule has 160 valence electrons. The molecule has 2 aromatic heterocycles. The molecule has 1 N–H and O–H groups in total. The second-order valence-electron chi connectivity index (χ2n) is 7.87. The summed E-state index contributed by atoms with van der Waals surface area (Å²) in [5, 5.41) is 5.16. The molecule has 0 bridgehead atoms. The average Bonchev–Trinajstić information content (AvgIpc) is 3.09. The Bertz CT molecular complexity index is 1290.